The third-order valence-corrected chi connectivity index (χ3v) is 2.85. The number of anilines is 1. The van der Waals surface area contributed by atoms with E-state index in [2.05, 4.69) is 10.4 Å². The van der Waals surface area contributed by atoms with Crippen LogP contribution in [0.25, 0.3) is 0 Å². The van der Waals surface area contributed by atoms with Crippen LogP contribution < -0.4 is 10.7 Å². The number of nitrogens with zero attached hydrogens (tertiary/aromatic N) is 1. The van der Waals surface area contributed by atoms with E-state index in [0.29, 0.717) is 11.9 Å². The molecule has 0 unspecified atom stereocenters. The van der Waals surface area contributed by atoms with Gasteiger partial charge in [-0.2, -0.15) is 5.10 Å². The first kappa shape index (κ1) is 17.4. The third-order valence-electron chi connectivity index (χ3n) is 2.85. The van der Waals surface area contributed by atoms with Gasteiger partial charge in [-0.15, -0.1) is 0 Å². The first-order valence-electron chi connectivity index (χ1n) is 6.54. The van der Waals surface area contributed by atoms with E-state index in [-0.39, 0.29) is 6.54 Å². The van der Waals surface area contributed by atoms with E-state index in [0.717, 1.165) is 0 Å². The van der Waals surface area contributed by atoms with Crippen molar-refractivity contribution < 1.29 is 26.7 Å². The van der Waals surface area contributed by atoms with Crippen molar-refractivity contribution >= 4 is 17.8 Å². The Morgan fingerprint density at radius 1 is 0.917 bits per heavy atom. The number of carbonyl (C=O) groups is 1. The van der Waals surface area contributed by atoms with E-state index < -0.39 is 40.6 Å². The molecule has 0 aliphatic rings. The first-order valence-corrected chi connectivity index (χ1v) is 6.54. The lowest BCUT2D eigenvalue weighted by Crippen LogP contribution is -2.26. The van der Waals surface area contributed by atoms with Gasteiger partial charge in [0, 0.05) is 5.69 Å². The zero-order chi connectivity index (χ0) is 17.7. The van der Waals surface area contributed by atoms with Crippen molar-refractivity contribution in [3.05, 3.63) is 65.0 Å². The fourth-order valence-electron chi connectivity index (χ4n) is 1.68. The molecule has 126 valence electrons. The fraction of sp³-hybridized carbons (Fsp3) is 0.0667. The van der Waals surface area contributed by atoms with E-state index in [9.17, 15) is 26.7 Å². The van der Waals surface area contributed by atoms with Crippen LogP contribution in [0, 0.1) is 29.1 Å². The maximum atomic E-state index is 13.4. The van der Waals surface area contributed by atoms with Gasteiger partial charge in [0.15, 0.2) is 23.3 Å². The zero-order valence-electron chi connectivity index (χ0n) is 11.9. The van der Waals surface area contributed by atoms with Crippen molar-refractivity contribution in [1.82, 2.24) is 5.43 Å². The van der Waals surface area contributed by atoms with Gasteiger partial charge in [0.1, 0.15) is 0 Å². The molecule has 0 radical (unpaired) electrons. The van der Waals surface area contributed by atoms with Crippen molar-refractivity contribution in [3.63, 3.8) is 0 Å². The lowest BCUT2D eigenvalue weighted by Gasteiger charge is -2.05. The molecular weight excluding hydrogens is 333 g/mol. The van der Waals surface area contributed by atoms with E-state index >= 15 is 0 Å². The van der Waals surface area contributed by atoms with Crippen LogP contribution in [-0.2, 0) is 4.79 Å². The van der Waals surface area contributed by atoms with Crippen molar-refractivity contribution in [3.8, 4) is 0 Å². The summed E-state index contributed by atoms with van der Waals surface area (Å²) in [5.41, 5.74) is 1.31. The topological polar surface area (TPSA) is 53.5 Å². The number of nitrogens with one attached hydrogen (secondary N) is 2. The fourth-order valence-corrected chi connectivity index (χ4v) is 1.68. The Morgan fingerprint density at radius 2 is 1.46 bits per heavy atom. The van der Waals surface area contributed by atoms with E-state index in [4.69, 9.17) is 0 Å². The summed E-state index contributed by atoms with van der Waals surface area (Å²) >= 11 is 0. The van der Waals surface area contributed by atoms with Crippen LogP contribution >= 0.6 is 0 Å². The highest BCUT2D eigenvalue weighted by Gasteiger charge is 2.24. The van der Waals surface area contributed by atoms with E-state index in [1.54, 1.807) is 30.3 Å². The molecule has 24 heavy (non-hydrogen) atoms. The summed E-state index contributed by atoms with van der Waals surface area (Å²) in [6.07, 6.45) is 0.344. The molecule has 0 atom stereocenters. The van der Waals surface area contributed by atoms with Gasteiger partial charge in [0.25, 0.3) is 5.91 Å². The second kappa shape index (κ2) is 7.53. The first-order chi connectivity index (χ1) is 11.4. The van der Waals surface area contributed by atoms with Gasteiger partial charge >= 0.3 is 0 Å². The third kappa shape index (κ3) is 3.86. The Labute approximate surface area is 133 Å². The van der Waals surface area contributed by atoms with Crippen molar-refractivity contribution in [2.45, 2.75) is 0 Å². The molecule has 0 aromatic heterocycles. The van der Waals surface area contributed by atoms with E-state index in [1.165, 1.54) is 0 Å². The van der Waals surface area contributed by atoms with Crippen LogP contribution in [0.1, 0.15) is 5.56 Å². The Balaban J connectivity index is 2.00. The van der Waals surface area contributed by atoms with Gasteiger partial charge in [0.2, 0.25) is 5.82 Å². The van der Waals surface area contributed by atoms with Gasteiger partial charge in [-0.05, 0) is 12.1 Å². The van der Waals surface area contributed by atoms with Gasteiger partial charge in [-0.25, -0.2) is 27.4 Å². The predicted molar refractivity (Wildman–Crippen MR) is 76.9 cm³/mol. The monoisotopic (exact) mass is 343 g/mol. The van der Waals surface area contributed by atoms with Gasteiger partial charge < -0.3 is 5.32 Å². The van der Waals surface area contributed by atoms with Gasteiger partial charge in [-0.1, -0.05) is 18.2 Å². The summed E-state index contributed by atoms with van der Waals surface area (Å²) in [7, 11) is 0. The molecule has 0 fully saturated rings. The van der Waals surface area contributed by atoms with E-state index in [1.807, 2.05) is 5.43 Å². The maximum Gasteiger partial charge on any atom is 0.259 e. The van der Waals surface area contributed by atoms with Crippen LogP contribution in [0.5, 0.6) is 0 Å². The Bertz CT molecular complexity index is 751. The molecule has 2 aromatic carbocycles. The highest BCUT2D eigenvalue weighted by molar-refractivity contribution is 5.84. The number of amides is 1. The average molecular weight is 343 g/mol. The van der Waals surface area contributed by atoms with Crippen LogP contribution in [0.15, 0.2) is 35.4 Å². The molecule has 0 bridgehead atoms. The minimum atomic E-state index is -2.27. The number of benzene rings is 2. The van der Waals surface area contributed by atoms with Gasteiger partial charge in [-0.3, -0.25) is 4.79 Å². The number of para-hydroxylation sites is 1. The highest BCUT2D eigenvalue weighted by Crippen LogP contribution is 2.21. The summed E-state index contributed by atoms with van der Waals surface area (Å²) in [6.45, 7) is -0.210. The van der Waals surface area contributed by atoms with Crippen LogP contribution in [0.2, 0.25) is 0 Å². The molecule has 4 nitrogen and oxygen atoms in total. The van der Waals surface area contributed by atoms with Crippen molar-refractivity contribution in [2.75, 3.05) is 11.9 Å². The van der Waals surface area contributed by atoms with Crippen molar-refractivity contribution in [1.29, 1.82) is 0 Å². The second-order valence-electron chi connectivity index (χ2n) is 4.50. The van der Waals surface area contributed by atoms with Crippen LogP contribution in [0.4, 0.5) is 27.6 Å². The Hall–Kier alpha value is -2.97. The summed E-state index contributed by atoms with van der Waals surface area (Å²) in [5.74, 6) is -11.2. The smallest absolute Gasteiger partial charge is 0.259 e. The Morgan fingerprint density at radius 3 is 2.04 bits per heavy atom. The largest absolute Gasteiger partial charge is 0.376 e. The molecule has 2 N–H and O–H groups in total. The minimum absolute atomic E-state index is 0.210. The molecule has 2 rings (SSSR count). The number of hydrogen-bond acceptors (Lipinski definition) is 3. The number of hydrogen-bond donors (Lipinski definition) is 2. The lowest BCUT2D eigenvalue weighted by molar-refractivity contribution is -0.119. The van der Waals surface area contributed by atoms with Gasteiger partial charge in [0.05, 0.1) is 18.3 Å². The van der Waals surface area contributed by atoms with Crippen LogP contribution in [0.3, 0.4) is 0 Å². The number of halogens is 5. The highest BCUT2D eigenvalue weighted by atomic mass is 19.2. The summed E-state index contributed by atoms with van der Waals surface area (Å²) in [5, 5.41) is 5.92. The lowest BCUT2D eigenvalue weighted by atomic mass is 10.2. The number of carbonyl (C=O) groups excluding carboxylic acids is 1. The molecule has 2 aromatic rings. The Kier molecular flexibility index (Phi) is 5.46. The minimum Gasteiger partial charge on any atom is -0.376 e. The molecule has 0 saturated heterocycles. The second-order valence-corrected chi connectivity index (χ2v) is 4.50. The average Bonchev–Trinajstić information content (AvgIpc) is 2.60. The molecule has 9 heteroatoms. The summed E-state index contributed by atoms with van der Waals surface area (Å²) in [4.78, 5) is 11.5. The maximum absolute atomic E-state index is 13.4. The standard InChI is InChI=1S/C15H10F5N3O/c16-11-9(12(17)14(19)15(20)13(11)18)6-22-23-10(24)7-21-8-4-2-1-3-5-8/h1-6,21H,7H2,(H,23,24)/b22-6+. The number of rotatable bonds is 5. The molecule has 0 aliphatic heterocycles. The van der Waals surface area contributed by atoms with Crippen LogP contribution in [-0.4, -0.2) is 18.7 Å². The number of hydrazone groups is 1. The quantitative estimate of drug-likeness (QED) is 0.288. The van der Waals surface area contributed by atoms with Crippen molar-refractivity contribution in [2.24, 2.45) is 5.10 Å². The molecule has 1 amide bonds. The SMILES string of the molecule is O=C(CNc1ccccc1)N/N=C/c1c(F)c(F)c(F)c(F)c1F. The molecule has 0 spiro atoms. The predicted octanol–water partition coefficient (Wildman–Crippen LogP) is 2.94. The zero-order valence-corrected chi connectivity index (χ0v) is 11.9. The summed E-state index contributed by atoms with van der Waals surface area (Å²) < 4.78 is 65.5. The molecule has 0 aliphatic carbocycles. The molecule has 0 heterocycles. The normalized spacial score (nSPS) is 10.9. The molecular formula is C15H10F5N3O. The molecule has 0 saturated carbocycles. The summed E-state index contributed by atoms with van der Waals surface area (Å²) in [6, 6.07) is 8.65.